The Morgan fingerprint density at radius 3 is 1.92 bits per heavy atom. The summed E-state index contributed by atoms with van der Waals surface area (Å²) in [5.74, 6) is 0.134. The molecule has 0 bridgehead atoms. The van der Waals surface area contributed by atoms with Crippen LogP contribution in [0.1, 0.15) is 36.4 Å². The van der Waals surface area contributed by atoms with Gasteiger partial charge in [0.05, 0.1) is 12.1 Å². The van der Waals surface area contributed by atoms with Crippen molar-refractivity contribution in [2.75, 3.05) is 27.7 Å². The number of amides is 1. The lowest BCUT2D eigenvalue weighted by molar-refractivity contribution is -0.133. The number of carbonyl (C=O) groups is 1. The molecule has 0 heterocycles. The van der Waals surface area contributed by atoms with E-state index in [1.165, 1.54) is 0 Å². The van der Waals surface area contributed by atoms with E-state index in [4.69, 9.17) is 0 Å². The number of carbonyl (C=O) groups excluding carboxylic acids is 1. The first-order valence-corrected chi connectivity index (χ1v) is 9.37. The Hall–Kier alpha value is -2.17. The molecule has 4 nitrogen and oxygen atoms in total. The van der Waals surface area contributed by atoms with Gasteiger partial charge in [-0.25, -0.2) is 0 Å². The Labute approximate surface area is 157 Å². The Morgan fingerprint density at radius 1 is 0.923 bits per heavy atom. The first-order chi connectivity index (χ1) is 12.7. The summed E-state index contributed by atoms with van der Waals surface area (Å²) in [5, 5.41) is 6.36. The lowest BCUT2D eigenvalue weighted by Crippen LogP contribution is -2.45. The van der Waals surface area contributed by atoms with Gasteiger partial charge in [0, 0.05) is 7.05 Å². The second-order valence-corrected chi connectivity index (χ2v) is 6.61. The summed E-state index contributed by atoms with van der Waals surface area (Å²) in [7, 11) is 5.73. The third-order valence-corrected chi connectivity index (χ3v) is 4.78. The standard InChI is InChI=1S/C22H31N3O/c1-23-17-11-10-16-20(24-2)22(26)25(3)21(18-12-6-4-7-13-18)19-14-8-5-9-15-19/h4-9,12-15,20-21,23-24H,10-11,16-17H2,1-3H3. The zero-order chi connectivity index (χ0) is 18.8. The van der Waals surface area contributed by atoms with Gasteiger partial charge in [0.2, 0.25) is 5.91 Å². The van der Waals surface area contributed by atoms with Crippen LogP contribution in [0.25, 0.3) is 0 Å². The molecule has 1 unspecified atom stereocenters. The average molecular weight is 354 g/mol. The van der Waals surface area contributed by atoms with E-state index in [1.807, 2.05) is 62.4 Å². The van der Waals surface area contributed by atoms with Gasteiger partial charge in [0.25, 0.3) is 0 Å². The van der Waals surface area contributed by atoms with Crippen LogP contribution in [0.4, 0.5) is 0 Å². The molecular weight excluding hydrogens is 322 g/mol. The van der Waals surface area contributed by atoms with Gasteiger partial charge in [-0.05, 0) is 44.6 Å². The quantitative estimate of drug-likeness (QED) is 0.645. The van der Waals surface area contributed by atoms with Crippen LogP contribution in [0.5, 0.6) is 0 Å². The Kier molecular flexibility index (Phi) is 8.32. The molecule has 2 aromatic rings. The molecule has 4 heteroatoms. The molecule has 1 amide bonds. The van der Waals surface area contributed by atoms with Crippen molar-refractivity contribution in [3.05, 3.63) is 71.8 Å². The average Bonchev–Trinajstić information content (AvgIpc) is 2.69. The van der Waals surface area contributed by atoms with E-state index in [2.05, 4.69) is 34.9 Å². The number of rotatable bonds is 10. The fourth-order valence-electron chi connectivity index (χ4n) is 3.32. The summed E-state index contributed by atoms with van der Waals surface area (Å²) in [6, 6.07) is 20.2. The summed E-state index contributed by atoms with van der Waals surface area (Å²) in [5.41, 5.74) is 2.25. The smallest absolute Gasteiger partial charge is 0.240 e. The van der Waals surface area contributed by atoms with Crippen molar-refractivity contribution in [1.29, 1.82) is 0 Å². The van der Waals surface area contributed by atoms with Crippen LogP contribution in [-0.2, 0) is 4.79 Å². The Balaban J connectivity index is 2.19. The highest BCUT2D eigenvalue weighted by molar-refractivity contribution is 5.82. The van der Waals surface area contributed by atoms with E-state index in [0.29, 0.717) is 0 Å². The lowest BCUT2D eigenvalue weighted by Gasteiger charge is -2.32. The molecule has 26 heavy (non-hydrogen) atoms. The summed E-state index contributed by atoms with van der Waals surface area (Å²) in [4.78, 5) is 15.1. The van der Waals surface area contributed by atoms with Crippen LogP contribution in [0, 0.1) is 0 Å². The SMILES string of the molecule is CNCCCCC(NC)C(=O)N(C)C(c1ccccc1)c1ccccc1. The van der Waals surface area contributed by atoms with Crippen LogP contribution in [0.15, 0.2) is 60.7 Å². The zero-order valence-electron chi connectivity index (χ0n) is 16.1. The molecule has 2 N–H and O–H groups in total. The van der Waals surface area contributed by atoms with E-state index in [-0.39, 0.29) is 18.0 Å². The van der Waals surface area contributed by atoms with Crippen LogP contribution in [-0.4, -0.2) is 44.5 Å². The predicted molar refractivity (Wildman–Crippen MR) is 108 cm³/mol. The number of nitrogens with zero attached hydrogens (tertiary/aromatic N) is 1. The minimum Gasteiger partial charge on any atom is -0.333 e. The monoisotopic (exact) mass is 353 g/mol. The maximum absolute atomic E-state index is 13.2. The highest BCUT2D eigenvalue weighted by atomic mass is 16.2. The molecule has 0 aliphatic rings. The van der Waals surface area contributed by atoms with Crippen molar-refractivity contribution >= 4 is 5.91 Å². The van der Waals surface area contributed by atoms with E-state index in [1.54, 1.807) is 0 Å². The molecule has 1 atom stereocenters. The lowest BCUT2D eigenvalue weighted by atomic mass is 9.96. The van der Waals surface area contributed by atoms with Gasteiger partial charge in [-0.3, -0.25) is 4.79 Å². The predicted octanol–water partition coefficient (Wildman–Crippen LogP) is 3.21. The molecule has 0 aromatic heterocycles. The van der Waals surface area contributed by atoms with Crippen molar-refractivity contribution in [2.24, 2.45) is 0 Å². The van der Waals surface area contributed by atoms with Gasteiger partial charge in [-0.2, -0.15) is 0 Å². The third-order valence-electron chi connectivity index (χ3n) is 4.78. The maximum Gasteiger partial charge on any atom is 0.240 e. The molecule has 0 radical (unpaired) electrons. The van der Waals surface area contributed by atoms with Gasteiger partial charge in [0.1, 0.15) is 0 Å². The number of hydrogen-bond acceptors (Lipinski definition) is 3. The number of unbranched alkanes of at least 4 members (excludes halogenated alkanes) is 1. The maximum atomic E-state index is 13.2. The van der Waals surface area contributed by atoms with Gasteiger partial charge >= 0.3 is 0 Å². The summed E-state index contributed by atoms with van der Waals surface area (Å²) < 4.78 is 0. The fourth-order valence-corrected chi connectivity index (χ4v) is 3.32. The molecular formula is C22H31N3O. The zero-order valence-corrected chi connectivity index (χ0v) is 16.1. The Morgan fingerprint density at radius 2 is 1.46 bits per heavy atom. The van der Waals surface area contributed by atoms with E-state index < -0.39 is 0 Å². The fraction of sp³-hybridized carbons (Fsp3) is 0.409. The number of hydrogen-bond donors (Lipinski definition) is 2. The first-order valence-electron chi connectivity index (χ1n) is 9.37. The van der Waals surface area contributed by atoms with Gasteiger partial charge in [0.15, 0.2) is 0 Å². The molecule has 2 rings (SSSR count). The highest BCUT2D eigenvalue weighted by Crippen LogP contribution is 2.28. The molecule has 0 aliphatic carbocycles. The van der Waals surface area contributed by atoms with Crippen LogP contribution in [0.3, 0.4) is 0 Å². The normalized spacial score (nSPS) is 12.2. The summed E-state index contributed by atoms with van der Waals surface area (Å²) in [6.45, 7) is 0.983. The number of benzene rings is 2. The minimum atomic E-state index is -0.160. The van der Waals surface area contributed by atoms with Crippen molar-refractivity contribution in [2.45, 2.75) is 31.3 Å². The van der Waals surface area contributed by atoms with Crippen LogP contribution in [0.2, 0.25) is 0 Å². The molecule has 0 saturated carbocycles. The van der Waals surface area contributed by atoms with Crippen molar-refractivity contribution in [3.63, 3.8) is 0 Å². The van der Waals surface area contributed by atoms with Crippen molar-refractivity contribution in [1.82, 2.24) is 15.5 Å². The molecule has 2 aromatic carbocycles. The second kappa shape index (κ2) is 10.7. The minimum absolute atomic E-state index is 0.0851. The van der Waals surface area contributed by atoms with Crippen molar-refractivity contribution < 1.29 is 4.79 Å². The van der Waals surface area contributed by atoms with Crippen LogP contribution >= 0.6 is 0 Å². The van der Waals surface area contributed by atoms with Gasteiger partial charge < -0.3 is 15.5 Å². The highest BCUT2D eigenvalue weighted by Gasteiger charge is 2.27. The van der Waals surface area contributed by atoms with E-state index >= 15 is 0 Å². The molecule has 0 fully saturated rings. The van der Waals surface area contributed by atoms with E-state index in [0.717, 1.165) is 36.9 Å². The topological polar surface area (TPSA) is 44.4 Å². The summed E-state index contributed by atoms with van der Waals surface area (Å²) >= 11 is 0. The Bertz CT molecular complexity index is 605. The second-order valence-electron chi connectivity index (χ2n) is 6.61. The van der Waals surface area contributed by atoms with Gasteiger partial charge in [-0.1, -0.05) is 67.1 Å². The molecule has 0 spiro atoms. The largest absolute Gasteiger partial charge is 0.333 e. The van der Waals surface area contributed by atoms with Crippen LogP contribution < -0.4 is 10.6 Å². The third kappa shape index (κ3) is 5.41. The number of likely N-dealkylation sites (N-methyl/N-ethyl adjacent to an activating group) is 2. The molecule has 0 aliphatic heterocycles. The number of nitrogens with one attached hydrogen (secondary N) is 2. The van der Waals surface area contributed by atoms with E-state index in [9.17, 15) is 4.79 Å². The molecule has 0 saturated heterocycles. The molecule has 140 valence electrons. The summed E-state index contributed by atoms with van der Waals surface area (Å²) in [6.07, 6.45) is 2.94. The van der Waals surface area contributed by atoms with Crippen molar-refractivity contribution in [3.8, 4) is 0 Å². The van der Waals surface area contributed by atoms with Gasteiger partial charge in [-0.15, -0.1) is 0 Å². The first kappa shape index (κ1) is 20.1.